The van der Waals surface area contributed by atoms with E-state index in [0.717, 1.165) is 44.9 Å². The third-order valence-corrected chi connectivity index (χ3v) is 17.6. The Hall–Kier alpha value is -1.23. The lowest BCUT2D eigenvalue weighted by molar-refractivity contribution is -0.378. The zero-order valence-electron chi connectivity index (χ0n) is 33.7. The molecule has 314 valence electrons. The van der Waals surface area contributed by atoms with Gasteiger partial charge in [0.15, 0.2) is 12.6 Å². The van der Waals surface area contributed by atoms with Crippen molar-refractivity contribution in [3.8, 4) is 0 Å². The van der Waals surface area contributed by atoms with Gasteiger partial charge in [-0.3, -0.25) is 4.79 Å². The minimum absolute atomic E-state index is 0.0252. The van der Waals surface area contributed by atoms with Gasteiger partial charge in [-0.2, -0.15) is 0 Å². The number of allylic oxidation sites excluding steroid dienone is 2. The Kier molecular flexibility index (Phi) is 11.0. The van der Waals surface area contributed by atoms with Gasteiger partial charge in [-0.05, 0) is 109 Å². The van der Waals surface area contributed by atoms with Gasteiger partial charge in [-0.25, -0.2) is 0 Å². The van der Waals surface area contributed by atoms with Crippen molar-refractivity contribution >= 4 is 5.97 Å². The third kappa shape index (κ3) is 6.06. The lowest BCUT2D eigenvalue weighted by Crippen LogP contribution is -2.67. The molecule has 4 saturated carbocycles. The molecule has 55 heavy (non-hydrogen) atoms. The number of hydrogen-bond donors (Lipinski definition) is 8. The van der Waals surface area contributed by atoms with Gasteiger partial charge in [0.05, 0.1) is 24.7 Å². The predicted molar refractivity (Wildman–Crippen MR) is 198 cm³/mol. The van der Waals surface area contributed by atoms with E-state index >= 15 is 0 Å². The van der Waals surface area contributed by atoms with Crippen molar-refractivity contribution in [2.75, 3.05) is 13.2 Å². The average Bonchev–Trinajstić information content (AvgIpc) is 3.13. The number of hydrogen-bond acceptors (Lipinski definition) is 12. The van der Waals surface area contributed by atoms with E-state index in [0.29, 0.717) is 30.6 Å². The molecule has 0 aromatic rings. The van der Waals surface area contributed by atoms with Crippen LogP contribution in [0.25, 0.3) is 0 Å². The molecular formula is C42H68O13. The second kappa shape index (κ2) is 14.5. The van der Waals surface area contributed by atoms with E-state index in [1.54, 1.807) is 0 Å². The number of ether oxygens (including phenoxy) is 4. The van der Waals surface area contributed by atoms with E-state index in [1.807, 2.05) is 0 Å². The molecule has 0 bridgehead atoms. The number of carbonyl (C=O) groups is 1. The highest BCUT2D eigenvalue weighted by atomic mass is 16.8. The largest absolute Gasteiger partial charge is 0.481 e. The number of aliphatic hydroxyl groups excluding tert-OH is 7. The summed E-state index contributed by atoms with van der Waals surface area (Å²) in [6.07, 6.45) is -5.26. The fraction of sp³-hybridized carbons (Fsp3) is 0.929. The van der Waals surface area contributed by atoms with Gasteiger partial charge in [0.25, 0.3) is 0 Å². The van der Waals surface area contributed by atoms with Gasteiger partial charge in [-0.1, -0.05) is 60.1 Å². The fourth-order valence-electron chi connectivity index (χ4n) is 13.9. The van der Waals surface area contributed by atoms with Gasteiger partial charge < -0.3 is 59.8 Å². The summed E-state index contributed by atoms with van der Waals surface area (Å²) in [5, 5.41) is 84.1. The molecular weight excluding hydrogens is 712 g/mol. The summed E-state index contributed by atoms with van der Waals surface area (Å²) in [5.74, 6) is 0.797. The zero-order valence-corrected chi connectivity index (χ0v) is 33.7. The molecule has 2 heterocycles. The molecule has 2 saturated heterocycles. The Labute approximate surface area is 325 Å². The van der Waals surface area contributed by atoms with Crippen molar-refractivity contribution in [2.45, 2.75) is 174 Å². The zero-order chi connectivity index (χ0) is 40.2. The van der Waals surface area contributed by atoms with Crippen LogP contribution in [0.2, 0.25) is 0 Å². The summed E-state index contributed by atoms with van der Waals surface area (Å²) < 4.78 is 24.4. The molecule has 0 aromatic heterocycles. The first-order valence-corrected chi connectivity index (χ1v) is 20.9. The molecule has 6 fully saturated rings. The molecule has 8 N–H and O–H groups in total. The number of rotatable bonds is 7. The molecule has 5 aliphatic carbocycles. The van der Waals surface area contributed by atoms with Crippen LogP contribution < -0.4 is 0 Å². The first-order valence-electron chi connectivity index (χ1n) is 20.9. The highest BCUT2D eigenvalue weighted by molar-refractivity contribution is 5.76. The smallest absolute Gasteiger partial charge is 0.310 e. The van der Waals surface area contributed by atoms with Crippen molar-refractivity contribution in [2.24, 2.45) is 56.7 Å². The molecule has 7 aliphatic rings. The molecule has 7 rings (SSSR count). The van der Waals surface area contributed by atoms with Gasteiger partial charge in [0, 0.05) is 0 Å². The van der Waals surface area contributed by atoms with E-state index in [1.165, 1.54) is 5.57 Å². The summed E-state index contributed by atoms with van der Waals surface area (Å²) in [5.41, 5.74) is 0.113. The number of carboxylic acid groups (broad SMARTS) is 1. The van der Waals surface area contributed by atoms with Crippen LogP contribution in [0.4, 0.5) is 0 Å². The highest BCUT2D eigenvalue weighted by Gasteiger charge is 2.70. The van der Waals surface area contributed by atoms with Crippen LogP contribution in [0, 0.1) is 56.7 Å². The van der Waals surface area contributed by atoms with Crippen LogP contribution in [-0.4, -0.2) is 128 Å². The molecule has 0 spiro atoms. The summed E-state index contributed by atoms with van der Waals surface area (Å²) >= 11 is 0. The fourth-order valence-corrected chi connectivity index (χ4v) is 13.9. The van der Waals surface area contributed by atoms with Crippen molar-refractivity contribution in [1.29, 1.82) is 0 Å². The highest BCUT2D eigenvalue weighted by Crippen LogP contribution is 2.76. The molecule has 0 aromatic carbocycles. The molecule has 13 nitrogen and oxygen atoms in total. The lowest BCUT2D eigenvalue weighted by Gasteiger charge is -2.71. The Morgan fingerprint density at radius 3 is 2.02 bits per heavy atom. The maximum Gasteiger partial charge on any atom is 0.310 e. The van der Waals surface area contributed by atoms with Gasteiger partial charge in [-0.15, -0.1) is 0 Å². The number of aliphatic carboxylic acids is 1. The maximum atomic E-state index is 13.1. The van der Waals surface area contributed by atoms with E-state index in [4.69, 9.17) is 18.9 Å². The van der Waals surface area contributed by atoms with Crippen molar-refractivity contribution in [1.82, 2.24) is 0 Å². The summed E-state index contributed by atoms with van der Waals surface area (Å²) in [6.45, 7) is 15.1. The molecule has 2 aliphatic heterocycles. The molecule has 0 unspecified atom stereocenters. The number of carboxylic acids is 1. The summed E-state index contributed by atoms with van der Waals surface area (Å²) in [4.78, 5) is 13.1. The van der Waals surface area contributed by atoms with E-state index in [-0.39, 0.29) is 34.2 Å². The van der Waals surface area contributed by atoms with Crippen LogP contribution in [0.1, 0.15) is 106 Å². The predicted octanol–water partition coefficient (Wildman–Crippen LogP) is 2.74. The van der Waals surface area contributed by atoms with E-state index < -0.39 is 91.4 Å². The third-order valence-electron chi connectivity index (χ3n) is 17.6. The van der Waals surface area contributed by atoms with Crippen molar-refractivity contribution < 1.29 is 64.6 Å². The molecule has 0 radical (unpaired) electrons. The van der Waals surface area contributed by atoms with Crippen LogP contribution in [-0.2, 0) is 23.7 Å². The second-order valence-corrected chi connectivity index (χ2v) is 20.1. The Bertz CT molecular complexity index is 1470. The lowest BCUT2D eigenvalue weighted by atomic mass is 9.33. The van der Waals surface area contributed by atoms with Crippen molar-refractivity contribution in [3.63, 3.8) is 0 Å². The normalized spacial score (nSPS) is 54.9. The van der Waals surface area contributed by atoms with Crippen LogP contribution >= 0.6 is 0 Å². The van der Waals surface area contributed by atoms with Gasteiger partial charge in [0.2, 0.25) is 0 Å². The summed E-state index contributed by atoms with van der Waals surface area (Å²) in [7, 11) is 0. The van der Waals surface area contributed by atoms with Crippen molar-refractivity contribution in [3.05, 3.63) is 11.6 Å². The topological polar surface area (TPSA) is 216 Å². The number of fused-ring (bicyclic) bond motifs is 7. The van der Waals surface area contributed by atoms with E-state index in [9.17, 15) is 45.6 Å². The van der Waals surface area contributed by atoms with Crippen LogP contribution in [0.5, 0.6) is 0 Å². The Morgan fingerprint density at radius 1 is 0.745 bits per heavy atom. The van der Waals surface area contributed by atoms with E-state index in [2.05, 4.69) is 54.5 Å². The second-order valence-electron chi connectivity index (χ2n) is 20.1. The minimum atomic E-state index is -1.75. The quantitative estimate of drug-likeness (QED) is 0.138. The SMILES string of the molecule is C[C@H]1[C@H](C)CC[C@]2(C(=O)O)CC[C@]3(C)C(=CC[C@@H]4[C@@]5(C)CC[C@H](O[C@@H]6O[C@H](CO)[C@H](O)[C@H](O)[C@H]6O[C@@H]6O[C@H](CO)[C@@H](O)[C@H](O)[C@H]6O)C(C)(C)[C@@H]5CC[C@]43C)[C@H]12. The standard InChI is InChI=1S/C42H68O13/c1-20-10-15-42(37(50)51)17-16-40(6)22(28(42)21(20)2)8-9-26-39(5)13-12-27(38(3,4)25(39)11-14-41(26,40)7)54-36-34(32(48)30(46)24(19-44)53-36)55-35-33(49)31(47)29(45)23(18-43)52-35/h8,20-21,23-36,43-49H,9-19H2,1-7H3,(H,50,51)/t20-,21+,23-,24-,25+,26-,27+,28+,29-,30+,31+,32+,33-,34-,35+,36+,39+,40-,41-,42+/m1/s1. The molecule has 20 atom stereocenters. The maximum absolute atomic E-state index is 13.1. The van der Waals surface area contributed by atoms with Gasteiger partial charge >= 0.3 is 5.97 Å². The Balaban J connectivity index is 1.15. The van der Waals surface area contributed by atoms with Gasteiger partial charge in [0.1, 0.15) is 48.8 Å². The first-order chi connectivity index (χ1) is 25.7. The summed E-state index contributed by atoms with van der Waals surface area (Å²) in [6, 6.07) is 0. The average molecular weight is 781 g/mol. The first kappa shape index (κ1) is 41.9. The number of aliphatic hydroxyl groups is 7. The molecule has 13 heteroatoms. The Morgan fingerprint density at radius 2 is 1.38 bits per heavy atom. The van der Waals surface area contributed by atoms with Crippen LogP contribution in [0.3, 0.4) is 0 Å². The minimum Gasteiger partial charge on any atom is -0.481 e. The molecule has 0 amide bonds. The van der Waals surface area contributed by atoms with Crippen LogP contribution in [0.15, 0.2) is 11.6 Å². The monoisotopic (exact) mass is 780 g/mol.